The molecule has 0 spiro atoms. The van der Waals surface area contributed by atoms with E-state index in [4.69, 9.17) is 4.84 Å². The van der Waals surface area contributed by atoms with E-state index in [0.717, 1.165) is 23.8 Å². The maximum Gasteiger partial charge on any atom is 0.471 e. The average Bonchev–Trinajstić information content (AvgIpc) is 3.20. The van der Waals surface area contributed by atoms with Crippen molar-refractivity contribution in [2.75, 3.05) is 19.0 Å². The van der Waals surface area contributed by atoms with Gasteiger partial charge in [-0.2, -0.15) is 13.2 Å². The van der Waals surface area contributed by atoms with Gasteiger partial charge in [0.05, 0.1) is 6.61 Å². The summed E-state index contributed by atoms with van der Waals surface area (Å²) in [6.07, 6.45) is -1.92. The van der Waals surface area contributed by atoms with E-state index in [1.54, 1.807) is 24.5 Å². The van der Waals surface area contributed by atoms with E-state index < -0.39 is 29.5 Å². The molecule has 0 aliphatic rings. The van der Waals surface area contributed by atoms with Crippen molar-refractivity contribution < 1.29 is 31.6 Å². The number of nitrogens with zero attached hydrogens (tertiary/aromatic N) is 2. The van der Waals surface area contributed by atoms with Gasteiger partial charge < -0.3 is 5.32 Å². The first kappa shape index (κ1) is 25.0. The van der Waals surface area contributed by atoms with Crippen LogP contribution in [0.5, 0.6) is 0 Å². The van der Waals surface area contributed by atoms with Gasteiger partial charge in [-0.3, -0.25) is 14.0 Å². The van der Waals surface area contributed by atoms with Gasteiger partial charge in [0.25, 0.3) is 0 Å². The first-order valence-corrected chi connectivity index (χ1v) is 10.6. The van der Waals surface area contributed by atoms with E-state index in [9.17, 15) is 26.7 Å². The molecule has 0 aliphatic carbocycles. The van der Waals surface area contributed by atoms with Crippen LogP contribution in [0, 0.1) is 11.6 Å². The standard InChI is InChI=1S/C25H19F5N4O2/c1-31-36-12-11-18(15-5-3-2-4-6-15)16-7-10-21-32-23(33-24(35)25(28,29)30)22(34(21)14-16)19-13-17(26)8-9-20(19)27/h2-11,13-14,31H,12H2,1H3,(H,33,35)/b18-11+. The van der Waals surface area contributed by atoms with Crippen LogP contribution < -0.4 is 10.8 Å². The third-order valence-electron chi connectivity index (χ3n) is 5.20. The molecule has 0 fully saturated rings. The van der Waals surface area contributed by atoms with E-state index >= 15 is 0 Å². The van der Waals surface area contributed by atoms with E-state index in [1.165, 1.54) is 16.7 Å². The normalized spacial score (nSPS) is 12.2. The number of benzene rings is 2. The Morgan fingerprint density at radius 2 is 1.81 bits per heavy atom. The Balaban J connectivity index is 1.94. The minimum atomic E-state index is -5.21. The molecule has 186 valence electrons. The predicted octanol–water partition coefficient (Wildman–Crippen LogP) is 5.36. The highest BCUT2D eigenvalue weighted by atomic mass is 19.4. The van der Waals surface area contributed by atoms with Crippen molar-refractivity contribution in [1.82, 2.24) is 14.9 Å². The number of hydrogen-bond donors (Lipinski definition) is 2. The third kappa shape index (κ3) is 5.26. The summed E-state index contributed by atoms with van der Waals surface area (Å²) in [6.45, 7) is 0.182. The van der Waals surface area contributed by atoms with E-state index in [-0.39, 0.29) is 23.5 Å². The quantitative estimate of drug-likeness (QED) is 0.203. The molecular weight excluding hydrogens is 483 g/mol. The van der Waals surface area contributed by atoms with Crippen LogP contribution in [0.1, 0.15) is 11.1 Å². The molecule has 6 nitrogen and oxygen atoms in total. The lowest BCUT2D eigenvalue weighted by Crippen LogP contribution is -2.30. The molecule has 0 aliphatic heterocycles. The van der Waals surface area contributed by atoms with E-state index in [0.29, 0.717) is 11.1 Å². The topological polar surface area (TPSA) is 67.7 Å². The first-order valence-electron chi connectivity index (χ1n) is 10.6. The third-order valence-corrected chi connectivity index (χ3v) is 5.20. The van der Waals surface area contributed by atoms with Crippen molar-refractivity contribution in [3.8, 4) is 11.3 Å². The van der Waals surface area contributed by atoms with Crippen molar-refractivity contribution in [3.05, 3.63) is 95.7 Å². The predicted molar refractivity (Wildman–Crippen MR) is 124 cm³/mol. The second-order valence-corrected chi connectivity index (χ2v) is 7.53. The Morgan fingerprint density at radius 1 is 1.06 bits per heavy atom. The molecule has 0 saturated heterocycles. The summed E-state index contributed by atoms with van der Waals surface area (Å²) < 4.78 is 69.0. The largest absolute Gasteiger partial charge is 0.471 e. The molecule has 4 aromatic rings. The van der Waals surface area contributed by atoms with Crippen LogP contribution in [-0.4, -0.2) is 35.1 Å². The molecule has 36 heavy (non-hydrogen) atoms. The second-order valence-electron chi connectivity index (χ2n) is 7.53. The number of anilines is 1. The molecule has 0 saturated carbocycles. The van der Waals surface area contributed by atoms with Crippen LogP contribution in [0.2, 0.25) is 0 Å². The summed E-state index contributed by atoms with van der Waals surface area (Å²) in [4.78, 5) is 20.9. The van der Waals surface area contributed by atoms with Crippen LogP contribution >= 0.6 is 0 Å². The summed E-state index contributed by atoms with van der Waals surface area (Å²) >= 11 is 0. The fraction of sp³-hybridized carbons (Fsp3) is 0.120. The number of imidazole rings is 1. The van der Waals surface area contributed by atoms with Gasteiger partial charge in [0.15, 0.2) is 5.82 Å². The van der Waals surface area contributed by atoms with Crippen LogP contribution in [0.15, 0.2) is 72.9 Å². The van der Waals surface area contributed by atoms with Gasteiger partial charge in [0.2, 0.25) is 0 Å². The van der Waals surface area contributed by atoms with Gasteiger partial charge in [0.1, 0.15) is 23.0 Å². The summed E-state index contributed by atoms with van der Waals surface area (Å²) in [7, 11) is 1.60. The molecule has 0 unspecified atom stereocenters. The van der Waals surface area contributed by atoms with Crippen molar-refractivity contribution in [1.29, 1.82) is 0 Å². The van der Waals surface area contributed by atoms with Crippen molar-refractivity contribution in [3.63, 3.8) is 0 Å². The maximum atomic E-state index is 14.8. The molecule has 0 radical (unpaired) electrons. The van der Waals surface area contributed by atoms with Gasteiger partial charge in [-0.05, 0) is 53.1 Å². The highest BCUT2D eigenvalue weighted by Gasteiger charge is 2.39. The van der Waals surface area contributed by atoms with Gasteiger partial charge in [-0.1, -0.05) is 30.3 Å². The number of hydroxylamine groups is 1. The van der Waals surface area contributed by atoms with Crippen LogP contribution in [-0.2, 0) is 9.63 Å². The summed E-state index contributed by atoms with van der Waals surface area (Å²) in [5, 5.41) is 1.68. The number of rotatable bonds is 7. The summed E-state index contributed by atoms with van der Waals surface area (Å²) in [5.74, 6) is -4.59. The maximum absolute atomic E-state index is 14.8. The van der Waals surface area contributed by atoms with Gasteiger partial charge in [0, 0.05) is 18.8 Å². The highest BCUT2D eigenvalue weighted by Crippen LogP contribution is 2.34. The lowest BCUT2D eigenvalue weighted by molar-refractivity contribution is -0.167. The van der Waals surface area contributed by atoms with Crippen molar-refractivity contribution >= 4 is 22.9 Å². The van der Waals surface area contributed by atoms with Crippen molar-refractivity contribution in [2.24, 2.45) is 0 Å². The van der Waals surface area contributed by atoms with Crippen LogP contribution in [0.4, 0.5) is 27.8 Å². The lowest BCUT2D eigenvalue weighted by atomic mass is 9.99. The highest BCUT2D eigenvalue weighted by molar-refractivity contribution is 5.98. The molecule has 2 N–H and O–H groups in total. The molecular formula is C25H19F5N4O2. The summed E-state index contributed by atoms with van der Waals surface area (Å²) in [5.41, 5.74) is 4.13. The SMILES string of the molecule is CNOC/C=C(\c1ccccc1)c1ccc2nc(NC(=O)C(F)(F)F)c(-c3cc(F)ccc3F)n2c1. The van der Waals surface area contributed by atoms with E-state index in [2.05, 4.69) is 10.5 Å². The van der Waals surface area contributed by atoms with Gasteiger partial charge in [-0.15, -0.1) is 0 Å². The molecule has 2 heterocycles. The van der Waals surface area contributed by atoms with Crippen LogP contribution in [0.25, 0.3) is 22.5 Å². The Labute approximate surface area is 202 Å². The number of aromatic nitrogens is 2. The average molecular weight is 502 g/mol. The fourth-order valence-corrected chi connectivity index (χ4v) is 3.63. The second kappa shape index (κ2) is 10.3. The van der Waals surface area contributed by atoms with E-state index in [1.807, 2.05) is 30.3 Å². The molecule has 2 aromatic carbocycles. The van der Waals surface area contributed by atoms with Gasteiger partial charge >= 0.3 is 12.1 Å². The monoisotopic (exact) mass is 502 g/mol. The Kier molecular flexibility index (Phi) is 7.13. The Hall–Kier alpha value is -4.09. The fourth-order valence-electron chi connectivity index (χ4n) is 3.63. The molecule has 0 bridgehead atoms. The minimum absolute atomic E-state index is 0.105. The smallest absolute Gasteiger partial charge is 0.301 e. The van der Waals surface area contributed by atoms with Crippen LogP contribution in [0.3, 0.4) is 0 Å². The first-order chi connectivity index (χ1) is 17.2. The number of carbonyl (C=O) groups is 1. The number of pyridine rings is 1. The number of fused-ring (bicyclic) bond motifs is 1. The zero-order valence-electron chi connectivity index (χ0n) is 18.7. The molecule has 11 heteroatoms. The lowest BCUT2D eigenvalue weighted by Gasteiger charge is -2.12. The number of nitrogens with one attached hydrogen (secondary N) is 2. The van der Waals surface area contributed by atoms with Gasteiger partial charge in [-0.25, -0.2) is 19.2 Å². The number of halogens is 5. The zero-order chi connectivity index (χ0) is 25.9. The number of carbonyl (C=O) groups excluding carboxylic acids is 1. The Bertz CT molecular complexity index is 1430. The number of alkyl halides is 3. The molecule has 0 atom stereocenters. The minimum Gasteiger partial charge on any atom is -0.301 e. The molecule has 4 rings (SSSR count). The zero-order valence-corrected chi connectivity index (χ0v) is 18.7. The molecule has 1 amide bonds. The van der Waals surface area contributed by atoms with Crippen molar-refractivity contribution in [2.45, 2.75) is 6.18 Å². The Morgan fingerprint density at radius 3 is 2.50 bits per heavy atom. The molecule has 2 aromatic heterocycles. The number of hydrogen-bond acceptors (Lipinski definition) is 4. The number of amides is 1. The summed E-state index contributed by atoms with van der Waals surface area (Å²) in [6, 6.07) is 14.9.